The molecule has 2 aromatic rings. The maximum Gasteiger partial charge on any atom is -0.0181 e. The fraction of sp³-hybridized carbons (Fsp3) is 0.455. The summed E-state index contributed by atoms with van der Waals surface area (Å²) in [6.45, 7) is 4.44. The quantitative estimate of drug-likeness (QED) is 0.563. The summed E-state index contributed by atoms with van der Waals surface area (Å²) in [7, 11) is 0. The van der Waals surface area contributed by atoms with Crippen LogP contribution in [-0.4, -0.2) is 0 Å². The van der Waals surface area contributed by atoms with Crippen molar-refractivity contribution in [2.75, 3.05) is 0 Å². The minimum absolute atomic E-state index is 0.921. The molecule has 1 atom stereocenters. The molecule has 116 valence electrons. The third kappa shape index (κ3) is 3.61. The normalized spacial score (nSPS) is 17.3. The van der Waals surface area contributed by atoms with E-state index >= 15 is 0 Å². The number of aryl methyl sites for hydroxylation is 2. The Bertz CT molecular complexity index is 606. The first-order valence-electron chi connectivity index (χ1n) is 8.95. The summed E-state index contributed by atoms with van der Waals surface area (Å²) >= 11 is 0. The zero-order valence-electron chi connectivity index (χ0n) is 14.1. The Morgan fingerprint density at radius 3 is 2.45 bits per heavy atom. The smallest absolute Gasteiger partial charge is 0.0181 e. The van der Waals surface area contributed by atoms with Gasteiger partial charge in [-0.2, -0.15) is 0 Å². The van der Waals surface area contributed by atoms with Crippen molar-refractivity contribution >= 4 is 0 Å². The molecule has 1 unspecified atom stereocenters. The first kappa shape index (κ1) is 15.3. The number of rotatable bonds is 5. The number of hydrogen-bond donors (Lipinski definition) is 0. The van der Waals surface area contributed by atoms with Crippen LogP contribution in [0.25, 0.3) is 11.1 Å². The van der Waals surface area contributed by atoms with Crippen molar-refractivity contribution in [3.8, 4) is 11.1 Å². The van der Waals surface area contributed by atoms with Crippen molar-refractivity contribution in [1.82, 2.24) is 0 Å². The van der Waals surface area contributed by atoms with Gasteiger partial charge in [-0.25, -0.2) is 0 Å². The molecule has 0 nitrogen and oxygen atoms in total. The van der Waals surface area contributed by atoms with Gasteiger partial charge in [0.15, 0.2) is 0 Å². The van der Waals surface area contributed by atoms with Crippen LogP contribution < -0.4 is 0 Å². The lowest BCUT2D eigenvalue weighted by Crippen LogP contribution is -2.14. The van der Waals surface area contributed by atoms with Gasteiger partial charge in [-0.15, -0.1) is 0 Å². The SMILES string of the molecule is CCCCCC1CCc2cc(-c3ccc(C)cc3)ccc2C1. The molecule has 0 spiro atoms. The molecule has 2 aromatic carbocycles. The molecule has 0 bridgehead atoms. The summed E-state index contributed by atoms with van der Waals surface area (Å²) in [6.07, 6.45) is 9.52. The van der Waals surface area contributed by atoms with Crippen LogP contribution in [0.2, 0.25) is 0 Å². The summed E-state index contributed by atoms with van der Waals surface area (Å²) in [5.74, 6) is 0.921. The van der Waals surface area contributed by atoms with Crippen LogP contribution in [-0.2, 0) is 12.8 Å². The average Bonchev–Trinajstić information content (AvgIpc) is 2.55. The fourth-order valence-corrected chi connectivity index (χ4v) is 3.69. The summed E-state index contributed by atoms with van der Waals surface area (Å²) in [5, 5.41) is 0. The summed E-state index contributed by atoms with van der Waals surface area (Å²) in [4.78, 5) is 0. The number of unbranched alkanes of at least 4 members (excludes halogenated alkanes) is 2. The van der Waals surface area contributed by atoms with Gasteiger partial charge in [0.05, 0.1) is 0 Å². The third-order valence-corrected chi connectivity index (χ3v) is 5.14. The average molecular weight is 292 g/mol. The Kier molecular flexibility index (Phi) is 4.97. The summed E-state index contributed by atoms with van der Waals surface area (Å²) in [5.41, 5.74) is 7.24. The van der Waals surface area contributed by atoms with Crippen molar-refractivity contribution in [3.63, 3.8) is 0 Å². The van der Waals surface area contributed by atoms with Gasteiger partial charge >= 0.3 is 0 Å². The van der Waals surface area contributed by atoms with E-state index in [0.717, 1.165) is 5.92 Å². The molecule has 3 rings (SSSR count). The molecule has 1 aliphatic carbocycles. The lowest BCUT2D eigenvalue weighted by Gasteiger charge is -2.25. The molecule has 0 N–H and O–H groups in total. The topological polar surface area (TPSA) is 0 Å². The molecule has 0 radical (unpaired) electrons. The minimum Gasteiger partial charge on any atom is -0.0654 e. The van der Waals surface area contributed by atoms with Crippen LogP contribution in [0.15, 0.2) is 42.5 Å². The molecule has 0 fully saturated rings. The predicted octanol–water partition coefficient (Wildman–Crippen LogP) is 6.35. The summed E-state index contributed by atoms with van der Waals surface area (Å²) in [6, 6.07) is 16.0. The molecule has 22 heavy (non-hydrogen) atoms. The fourth-order valence-electron chi connectivity index (χ4n) is 3.69. The highest BCUT2D eigenvalue weighted by atomic mass is 14.2. The van der Waals surface area contributed by atoms with Crippen LogP contribution in [0.3, 0.4) is 0 Å². The van der Waals surface area contributed by atoms with Crippen molar-refractivity contribution in [2.24, 2.45) is 5.92 Å². The molecular weight excluding hydrogens is 264 g/mol. The first-order chi connectivity index (χ1) is 10.8. The van der Waals surface area contributed by atoms with Gasteiger partial charge in [-0.05, 0) is 54.4 Å². The van der Waals surface area contributed by atoms with E-state index in [4.69, 9.17) is 0 Å². The van der Waals surface area contributed by atoms with E-state index in [2.05, 4.69) is 56.3 Å². The van der Waals surface area contributed by atoms with Gasteiger partial charge in [-0.1, -0.05) is 80.6 Å². The summed E-state index contributed by atoms with van der Waals surface area (Å²) < 4.78 is 0. The van der Waals surface area contributed by atoms with Gasteiger partial charge in [0.2, 0.25) is 0 Å². The van der Waals surface area contributed by atoms with E-state index in [1.807, 2.05) is 0 Å². The maximum absolute atomic E-state index is 2.43. The second kappa shape index (κ2) is 7.13. The van der Waals surface area contributed by atoms with E-state index in [1.165, 1.54) is 61.6 Å². The lowest BCUT2D eigenvalue weighted by atomic mass is 9.80. The standard InChI is InChI=1S/C22H28/c1-3-4-5-6-18-9-12-22-16-21(14-13-20(22)15-18)19-10-7-17(2)8-11-19/h7-8,10-11,13-14,16,18H,3-6,9,12,15H2,1-2H3. The second-order valence-corrected chi connectivity index (χ2v) is 6.95. The zero-order chi connectivity index (χ0) is 15.4. The van der Waals surface area contributed by atoms with Crippen LogP contribution >= 0.6 is 0 Å². The molecule has 0 saturated heterocycles. The molecule has 0 amide bonds. The van der Waals surface area contributed by atoms with Crippen LogP contribution in [0.4, 0.5) is 0 Å². The molecule has 0 heteroatoms. The number of fused-ring (bicyclic) bond motifs is 1. The lowest BCUT2D eigenvalue weighted by molar-refractivity contribution is 0.408. The highest BCUT2D eigenvalue weighted by Crippen LogP contribution is 2.32. The maximum atomic E-state index is 2.43. The molecule has 0 saturated carbocycles. The van der Waals surface area contributed by atoms with E-state index in [0.29, 0.717) is 0 Å². The van der Waals surface area contributed by atoms with Gasteiger partial charge in [0, 0.05) is 0 Å². The zero-order valence-corrected chi connectivity index (χ0v) is 14.1. The third-order valence-electron chi connectivity index (χ3n) is 5.14. The highest BCUT2D eigenvalue weighted by molar-refractivity contribution is 5.65. The van der Waals surface area contributed by atoms with Gasteiger partial charge in [0.1, 0.15) is 0 Å². The molecular formula is C22H28. The van der Waals surface area contributed by atoms with Gasteiger partial charge in [0.25, 0.3) is 0 Å². The first-order valence-corrected chi connectivity index (χ1v) is 8.95. The Hall–Kier alpha value is -1.56. The Balaban J connectivity index is 1.72. The highest BCUT2D eigenvalue weighted by Gasteiger charge is 2.18. The molecule has 0 aromatic heterocycles. The van der Waals surface area contributed by atoms with E-state index in [9.17, 15) is 0 Å². The van der Waals surface area contributed by atoms with E-state index in [-0.39, 0.29) is 0 Å². The van der Waals surface area contributed by atoms with Crippen LogP contribution in [0.5, 0.6) is 0 Å². The minimum atomic E-state index is 0.921. The Morgan fingerprint density at radius 1 is 0.909 bits per heavy atom. The van der Waals surface area contributed by atoms with Crippen molar-refractivity contribution in [2.45, 2.75) is 58.8 Å². The molecule has 0 heterocycles. The Labute approximate surface area is 135 Å². The predicted molar refractivity (Wildman–Crippen MR) is 96.3 cm³/mol. The van der Waals surface area contributed by atoms with Crippen molar-refractivity contribution in [3.05, 3.63) is 59.2 Å². The number of hydrogen-bond acceptors (Lipinski definition) is 0. The largest absolute Gasteiger partial charge is 0.0654 e. The van der Waals surface area contributed by atoms with Gasteiger partial charge in [-0.3, -0.25) is 0 Å². The van der Waals surface area contributed by atoms with E-state index < -0.39 is 0 Å². The Morgan fingerprint density at radius 2 is 1.68 bits per heavy atom. The number of benzene rings is 2. The van der Waals surface area contributed by atoms with Crippen molar-refractivity contribution in [1.29, 1.82) is 0 Å². The van der Waals surface area contributed by atoms with E-state index in [1.54, 1.807) is 11.1 Å². The second-order valence-electron chi connectivity index (χ2n) is 6.95. The molecule has 1 aliphatic rings. The molecule has 0 aliphatic heterocycles. The van der Waals surface area contributed by atoms with Crippen LogP contribution in [0, 0.1) is 12.8 Å². The van der Waals surface area contributed by atoms with Crippen molar-refractivity contribution < 1.29 is 0 Å². The monoisotopic (exact) mass is 292 g/mol. The van der Waals surface area contributed by atoms with Crippen LogP contribution in [0.1, 0.15) is 55.7 Å². The van der Waals surface area contributed by atoms with Gasteiger partial charge < -0.3 is 0 Å².